The zero-order valence-electron chi connectivity index (χ0n) is 6.71. The topological polar surface area (TPSA) is 46.2 Å². The minimum absolute atomic E-state index is 0.206. The van der Waals surface area contributed by atoms with Gasteiger partial charge in [0.25, 0.3) is 0 Å². The van der Waals surface area contributed by atoms with Gasteiger partial charge in [0.1, 0.15) is 0 Å². The van der Waals surface area contributed by atoms with Crippen LogP contribution in [-0.2, 0) is 0 Å². The number of thioether (sulfide) groups is 1. The van der Waals surface area contributed by atoms with Crippen LogP contribution in [0.1, 0.15) is 20.3 Å². The fourth-order valence-corrected chi connectivity index (χ4v) is 1.48. The van der Waals surface area contributed by atoms with E-state index < -0.39 is 0 Å². The van der Waals surface area contributed by atoms with Crippen LogP contribution in [0.4, 0.5) is 0 Å². The number of aliphatic hydroxyl groups is 1. The van der Waals surface area contributed by atoms with Crippen molar-refractivity contribution in [3.05, 3.63) is 0 Å². The fourth-order valence-electron chi connectivity index (χ4n) is 0.492. The van der Waals surface area contributed by atoms with Crippen molar-refractivity contribution in [2.45, 2.75) is 31.6 Å². The van der Waals surface area contributed by atoms with Crippen molar-refractivity contribution in [1.29, 1.82) is 0 Å². The summed E-state index contributed by atoms with van der Waals surface area (Å²) in [5, 5.41) is 9.41. The van der Waals surface area contributed by atoms with Crippen LogP contribution in [0.3, 0.4) is 0 Å². The molecule has 2 unspecified atom stereocenters. The molecule has 2 atom stereocenters. The molecule has 0 aromatic heterocycles. The Hall–Kier alpha value is 0.270. The van der Waals surface area contributed by atoms with Gasteiger partial charge < -0.3 is 10.8 Å². The average Bonchev–Trinajstić information content (AvgIpc) is 1.88. The van der Waals surface area contributed by atoms with Crippen LogP contribution >= 0.6 is 11.8 Å². The minimum atomic E-state index is -0.206. The Balaban J connectivity index is 3.13. The van der Waals surface area contributed by atoms with Gasteiger partial charge in [-0.1, -0.05) is 6.92 Å². The molecule has 0 aliphatic rings. The highest BCUT2D eigenvalue weighted by Gasteiger charge is 2.07. The molecule has 0 saturated carbocycles. The van der Waals surface area contributed by atoms with Gasteiger partial charge in [0.15, 0.2) is 0 Å². The van der Waals surface area contributed by atoms with Crippen molar-refractivity contribution in [3.63, 3.8) is 0 Å². The molecule has 3 heteroatoms. The molecule has 0 aliphatic carbocycles. The maximum atomic E-state index is 9.07. The van der Waals surface area contributed by atoms with E-state index in [1.807, 2.05) is 13.8 Å². The third kappa shape index (κ3) is 5.09. The molecule has 0 rings (SSSR count). The Morgan fingerprint density at radius 2 is 2.10 bits per heavy atom. The molecule has 0 amide bonds. The Morgan fingerprint density at radius 3 is 2.50 bits per heavy atom. The lowest BCUT2D eigenvalue weighted by Crippen LogP contribution is -2.16. The molecule has 0 spiro atoms. The van der Waals surface area contributed by atoms with Gasteiger partial charge in [-0.3, -0.25) is 0 Å². The summed E-state index contributed by atoms with van der Waals surface area (Å²) in [6, 6.07) is 0. The monoisotopic (exact) mass is 163 g/mol. The van der Waals surface area contributed by atoms with E-state index in [0.29, 0.717) is 5.25 Å². The number of rotatable bonds is 5. The van der Waals surface area contributed by atoms with Gasteiger partial charge in [-0.2, -0.15) is 11.8 Å². The van der Waals surface area contributed by atoms with Crippen LogP contribution in [0.2, 0.25) is 0 Å². The van der Waals surface area contributed by atoms with Crippen LogP contribution < -0.4 is 5.73 Å². The molecule has 0 aromatic carbocycles. The van der Waals surface area contributed by atoms with Gasteiger partial charge in [0, 0.05) is 5.25 Å². The summed E-state index contributed by atoms with van der Waals surface area (Å²) in [5.41, 5.74) is 5.32. The molecule has 0 bridgehead atoms. The summed E-state index contributed by atoms with van der Waals surface area (Å²) in [6.07, 6.45) is 0.838. The first kappa shape index (κ1) is 10.3. The second-order valence-corrected chi connectivity index (χ2v) is 3.94. The second-order valence-electron chi connectivity index (χ2n) is 2.46. The van der Waals surface area contributed by atoms with E-state index in [0.717, 1.165) is 18.7 Å². The number of hydrogen-bond donors (Lipinski definition) is 2. The van der Waals surface area contributed by atoms with Crippen molar-refractivity contribution in [2.75, 3.05) is 12.3 Å². The third-order valence-corrected chi connectivity index (χ3v) is 2.85. The average molecular weight is 163 g/mol. The molecule has 0 radical (unpaired) electrons. The lowest BCUT2D eigenvalue weighted by molar-refractivity contribution is 0.196. The second kappa shape index (κ2) is 6.01. The molecule has 62 valence electrons. The molecule has 0 aromatic rings. The van der Waals surface area contributed by atoms with Gasteiger partial charge in [-0.15, -0.1) is 0 Å². The summed E-state index contributed by atoms with van der Waals surface area (Å²) >= 11 is 1.78. The SMILES string of the molecule is CC(O)C(C)SCCCN. The van der Waals surface area contributed by atoms with Crippen LogP contribution in [0.15, 0.2) is 0 Å². The molecule has 0 fully saturated rings. The quantitative estimate of drug-likeness (QED) is 0.590. The number of hydrogen-bond acceptors (Lipinski definition) is 3. The Kier molecular flexibility index (Phi) is 6.17. The standard InChI is InChI=1S/C7H17NOS/c1-6(9)7(2)10-5-3-4-8/h6-7,9H,3-5,8H2,1-2H3. The maximum Gasteiger partial charge on any atom is 0.0627 e. The summed E-state index contributed by atoms with van der Waals surface area (Å²) in [4.78, 5) is 0. The molecule has 2 nitrogen and oxygen atoms in total. The van der Waals surface area contributed by atoms with Crippen molar-refractivity contribution in [1.82, 2.24) is 0 Å². The summed E-state index contributed by atoms with van der Waals surface area (Å²) < 4.78 is 0. The molecule has 10 heavy (non-hydrogen) atoms. The lowest BCUT2D eigenvalue weighted by Gasteiger charge is -2.12. The number of nitrogens with two attached hydrogens (primary N) is 1. The zero-order chi connectivity index (χ0) is 7.98. The van der Waals surface area contributed by atoms with E-state index >= 15 is 0 Å². The molecule has 3 N–H and O–H groups in total. The first-order valence-electron chi connectivity index (χ1n) is 3.68. The van der Waals surface area contributed by atoms with E-state index in [2.05, 4.69) is 0 Å². The van der Waals surface area contributed by atoms with Crippen LogP contribution in [0, 0.1) is 0 Å². The van der Waals surface area contributed by atoms with E-state index in [1.54, 1.807) is 11.8 Å². The van der Waals surface area contributed by atoms with Crippen LogP contribution in [0.5, 0.6) is 0 Å². The largest absolute Gasteiger partial charge is 0.392 e. The number of aliphatic hydroxyl groups excluding tert-OH is 1. The Labute approximate surface area is 67.2 Å². The normalized spacial score (nSPS) is 16.8. The zero-order valence-corrected chi connectivity index (χ0v) is 7.53. The molecule has 0 heterocycles. The predicted molar refractivity (Wildman–Crippen MR) is 47.3 cm³/mol. The van der Waals surface area contributed by atoms with E-state index in [1.165, 1.54) is 0 Å². The maximum absolute atomic E-state index is 9.07. The van der Waals surface area contributed by atoms with Gasteiger partial charge in [-0.25, -0.2) is 0 Å². The smallest absolute Gasteiger partial charge is 0.0627 e. The summed E-state index contributed by atoms with van der Waals surface area (Å²) in [7, 11) is 0. The van der Waals surface area contributed by atoms with E-state index in [-0.39, 0.29) is 6.10 Å². The van der Waals surface area contributed by atoms with Crippen molar-refractivity contribution in [2.24, 2.45) is 5.73 Å². The lowest BCUT2D eigenvalue weighted by atomic mass is 10.3. The van der Waals surface area contributed by atoms with Gasteiger partial charge in [0.05, 0.1) is 6.10 Å². The summed E-state index contributed by atoms with van der Waals surface area (Å²) in [5.74, 6) is 1.06. The van der Waals surface area contributed by atoms with Crippen LogP contribution in [0.25, 0.3) is 0 Å². The molecular weight excluding hydrogens is 146 g/mol. The Bertz CT molecular complexity index is 78.0. The minimum Gasteiger partial charge on any atom is -0.392 e. The van der Waals surface area contributed by atoms with Gasteiger partial charge in [-0.05, 0) is 25.6 Å². The summed E-state index contributed by atoms with van der Waals surface area (Å²) in [6.45, 7) is 4.60. The van der Waals surface area contributed by atoms with Crippen LogP contribution in [-0.4, -0.2) is 28.8 Å². The van der Waals surface area contributed by atoms with E-state index in [4.69, 9.17) is 10.8 Å². The van der Waals surface area contributed by atoms with Gasteiger partial charge >= 0.3 is 0 Å². The van der Waals surface area contributed by atoms with Crippen molar-refractivity contribution >= 4 is 11.8 Å². The highest BCUT2D eigenvalue weighted by Crippen LogP contribution is 2.14. The van der Waals surface area contributed by atoms with Gasteiger partial charge in [0.2, 0.25) is 0 Å². The fraction of sp³-hybridized carbons (Fsp3) is 1.00. The molecule has 0 aliphatic heterocycles. The first-order chi connectivity index (χ1) is 4.68. The first-order valence-corrected chi connectivity index (χ1v) is 4.73. The highest BCUT2D eigenvalue weighted by molar-refractivity contribution is 7.99. The van der Waals surface area contributed by atoms with E-state index in [9.17, 15) is 0 Å². The van der Waals surface area contributed by atoms with Crippen molar-refractivity contribution < 1.29 is 5.11 Å². The highest BCUT2D eigenvalue weighted by atomic mass is 32.2. The van der Waals surface area contributed by atoms with Crippen molar-refractivity contribution in [3.8, 4) is 0 Å². The third-order valence-electron chi connectivity index (χ3n) is 1.41. The predicted octanol–water partition coefficient (Wildman–Crippen LogP) is 0.838. The Morgan fingerprint density at radius 1 is 1.50 bits per heavy atom. The molecular formula is C7H17NOS. The molecule has 0 saturated heterocycles.